The first kappa shape index (κ1) is 13.1. The van der Waals surface area contributed by atoms with Crippen molar-refractivity contribution < 1.29 is 0 Å². The van der Waals surface area contributed by atoms with E-state index in [-0.39, 0.29) is 11.7 Å². The van der Waals surface area contributed by atoms with Crippen molar-refractivity contribution in [1.29, 1.82) is 0 Å². The van der Waals surface area contributed by atoms with Crippen LogP contribution >= 0.6 is 11.3 Å². The van der Waals surface area contributed by atoms with Crippen LogP contribution in [0, 0.1) is 13.8 Å². The van der Waals surface area contributed by atoms with Crippen molar-refractivity contribution in [2.24, 2.45) is 0 Å². The predicted octanol–water partition coefficient (Wildman–Crippen LogP) is 2.84. The summed E-state index contributed by atoms with van der Waals surface area (Å²) in [4.78, 5) is 19.5. The summed E-state index contributed by atoms with van der Waals surface area (Å²) in [5.74, 6) is 0. The minimum absolute atomic E-state index is 0.148. The number of hydrogen-bond acceptors (Lipinski definition) is 3. The number of nitrogens with one attached hydrogen (secondary N) is 3. The molecule has 2 heterocycles. The summed E-state index contributed by atoms with van der Waals surface area (Å²) < 4.78 is 0. The number of benzene rings is 1. The van der Waals surface area contributed by atoms with E-state index in [9.17, 15) is 4.79 Å². The van der Waals surface area contributed by atoms with Crippen LogP contribution in [0.15, 0.2) is 29.1 Å². The number of hydrogen-bond donors (Lipinski definition) is 3. The maximum Gasteiger partial charge on any atom is 0.323 e. The first-order valence-electron chi connectivity index (χ1n) is 6.54. The normalized spacial score (nSPS) is 12.9. The lowest BCUT2D eigenvalue weighted by molar-refractivity contribution is 0.704. The Labute approximate surface area is 120 Å². The average Bonchev–Trinajstić information content (AvgIpc) is 2.93. The van der Waals surface area contributed by atoms with Gasteiger partial charge in [-0.1, -0.05) is 6.07 Å². The van der Waals surface area contributed by atoms with Gasteiger partial charge in [-0.05, 0) is 50.2 Å². The number of aryl methyl sites for hydroxylation is 2. The predicted molar refractivity (Wildman–Crippen MR) is 83.6 cm³/mol. The highest BCUT2D eigenvalue weighted by molar-refractivity contribution is 7.12. The minimum atomic E-state index is -0.166. The molecule has 104 valence electrons. The third kappa shape index (κ3) is 2.19. The Morgan fingerprint density at radius 1 is 1.15 bits per heavy atom. The van der Waals surface area contributed by atoms with Crippen molar-refractivity contribution >= 4 is 22.4 Å². The van der Waals surface area contributed by atoms with Gasteiger partial charge in [-0.2, -0.15) is 0 Å². The van der Waals surface area contributed by atoms with E-state index in [1.165, 1.54) is 15.3 Å². The highest BCUT2D eigenvalue weighted by atomic mass is 32.1. The van der Waals surface area contributed by atoms with Gasteiger partial charge in [-0.3, -0.25) is 0 Å². The Kier molecular flexibility index (Phi) is 3.23. The van der Waals surface area contributed by atoms with E-state index in [1.807, 2.05) is 30.5 Å². The molecule has 0 radical (unpaired) electrons. The molecule has 20 heavy (non-hydrogen) atoms. The highest BCUT2D eigenvalue weighted by Gasteiger charge is 2.16. The lowest BCUT2D eigenvalue weighted by atomic mass is 10.0. The first-order valence-corrected chi connectivity index (χ1v) is 7.36. The fourth-order valence-corrected chi connectivity index (χ4v) is 3.63. The summed E-state index contributed by atoms with van der Waals surface area (Å²) in [6, 6.07) is 8.40. The van der Waals surface area contributed by atoms with Crippen LogP contribution in [0.25, 0.3) is 11.0 Å². The third-order valence-electron chi connectivity index (χ3n) is 3.63. The molecule has 1 atom stereocenters. The molecule has 0 spiro atoms. The molecule has 1 unspecified atom stereocenters. The molecule has 3 N–H and O–H groups in total. The monoisotopic (exact) mass is 287 g/mol. The third-order valence-corrected chi connectivity index (χ3v) is 4.85. The topological polar surface area (TPSA) is 60.7 Å². The van der Waals surface area contributed by atoms with Crippen LogP contribution in [-0.2, 0) is 0 Å². The minimum Gasteiger partial charge on any atom is -0.309 e. The van der Waals surface area contributed by atoms with Crippen LogP contribution in [0.5, 0.6) is 0 Å². The van der Waals surface area contributed by atoms with Gasteiger partial charge < -0.3 is 15.3 Å². The zero-order chi connectivity index (χ0) is 14.3. The molecule has 0 aliphatic heterocycles. The van der Waals surface area contributed by atoms with Gasteiger partial charge >= 0.3 is 5.69 Å². The van der Waals surface area contributed by atoms with Gasteiger partial charge in [0.05, 0.1) is 17.1 Å². The molecule has 5 heteroatoms. The van der Waals surface area contributed by atoms with E-state index < -0.39 is 0 Å². The largest absolute Gasteiger partial charge is 0.323 e. The SMILES string of the molecule is CNC(c1ccc2[nH]c(=O)[nH]c2c1)c1cc(C)c(C)s1. The van der Waals surface area contributed by atoms with Crippen LogP contribution in [0.3, 0.4) is 0 Å². The van der Waals surface area contributed by atoms with Crippen molar-refractivity contribution in [2.45, 2.75) is 19.9 Å². The van der Waals surface area contributed by atoms with Gasteiger partial charge in [0.1, 0.15) is 0 Å². The molecule has 0 amide bonds. The van der Waals surface area contributed by atoms with E-state index in [0.29, 0.717) is 0 Å². The number of thiophene rings is 1. The molecule has 0 saturated heterocycles. The van der Waals surface area contributed by atoms with Crippen molar-refractivity contribution in [3.8, 4) is 0 Å². The van der Waals surface area contributed by atoms with Gasteiger partial charge in [-0.15, -0.1) is 11.3 Å². The molecule has 3 rings (SSSR count). The molecule has 2 aromatic heterocycles. The van der Waals surface area contributed by atoms with E-state index in [1.54, 1.807) is 0 Å². The molecule has 1 aromatic carbocycles. The van der Waals surface area contributed by atoms with Gasteiger partial charge in [-0.25, -0.2) is 4.79 Å². The Hall–Kier alpha value is -1.85. The van der Waals surface area contributed by atoms with Gasteiger partial charge in [0.25, 0.3) is 0 Å². The quantitative estimate of drug-likeness (QED) is 0.693. The van der Waals surface area contributed by atoms with Crippen molar-refractivity contribution in [2.75, 3.05) is 7.05 Å². The maximum atomic E-state index is 11.3. The zero-order valence-corrected chi connectivity index (χ0v) is 12.5. The average molecular weight is 287 g/mol. The number of fused-ring (bicyclic) bond motifs is 1. The van der Waals surface area contributed by atoms with Crippen LogP contribution in [0.1, 0.15) is 26.9 Å². The number of rotatable bonds is 3. The fourth-order valence-electron chi connectivity index (χ4n) is 2.45. The first-order chi connectivity index (χ1) is 9.58. The van der Waals surface area contributed by atoms with Crippen molar-refractivity contribution in [3.05, 3.63) is 55.6 Å². The summed E-state index contributed by atoms with van der Waals surface area (Å²) in [7, 11) is 1.96. The van der Waals surface area contributed by atoms with E-state index in [2.05, 4.69) is 41.3 Å². The molecule has 3 aromatic rings. The lowest BCUT2D eigenvalue weighted by Gasteiger charge is -2.15. The maximum absolute atomic E-state index is 11.3. The Morgan fingerprint density at radius 2 is 1.90 bits per heavy atom. The molecule has 0 saturated carbocycles. The summed E-state index contributed by atoms with van der Waals surface area (Å²) in [5, 5.41) is 3.35. The number of aromatic nitrogens is 2. The van der Waals surface area contributed by atoms with E-state index in [4.69, 9.17) is 0 Å². The van der Waals surface area contributed by atoms with Crippen molar-refractivity contribution in [3.63, 3.8) is 0 Å². The molecule has 0 aliphatic rings. The van der Waals surface area contributed by atoms with Crippen molar-refractivity contribution in [1.82, 2.24) is 15.3 Å². The Balaban J connectivity index is 2.08. The van der Waals surface area contributed by atoms with Gasteiger partial charge in [0.2, 0.25) is 0 Å². The number of H-pyrrole nitrogens is 2. The van der Waals surface area contributed by atoms with Crippen LogP contribution in [-0.4, -0.2) is 17.0 Å². The number of aromatic amines is 2. The second kappa shape index (κ2) is 4.92. The summed E-state index contributed by atoms with van der Waals surface area (Å²) in [6.07, 6.45) is 0. The second-order valence-corrected chi connectivity index (χ2v) is 6.28. The molecule has 4 nitrogen and oxygen atoms in total. The van der Waals surface area contributed by atoms with Crippen LogP contribution < -0.4 is 11.0 Å². The summed E-state index contributed by atoms with van der Waals surface area (Å²) >= 11 is 1.81. The lowest BCUT2D eigenvalue weighted by Crippen LogP contribution is -2.16. The van der Waals surface area contributed by atoms with Gasteiger partial charge in [0.15, 0.2) is 0 Å². The Morgan fingerprint density at radius 3 is 2.55 bits per heavy atom. The smallest absolute Gasteiger partial charge is 0.309 e. The van der Waals surface area contributed by atoms with E-state index in [0.717, 1.165) is 16.6 Å². The Bertz CT molecular complexity index is 792. The van der Waals surface area contributed by atoms with Crippen LogP contribution in [0.2, 0.25) is 0 Å². The fraction of sp³-hybridized carbons (Fsp3) is 0.267. The molecular formula is C15H17N3OS. The van der Waals surface area contributed by atoms with E-state index >= 15 is 0 Å². The van der Waals surface area contributed by atoms with Gasteiger partial charge in [0, 0.05) is 9.75 Å². The summed E-state index contributed by atoms with van der Waals surface area (Å²) in [6.45, 7) is 4.28. The zero-order valence-electron chi connectivity index (χ0n) is 11.7. The van der Waals surface area contributed by atoms with Crippen LogP contribution in [0.4, 0.5) is 0 Å². The molecular weight excluding hydrogens is 270 g/mol. The molecule has 0 aliphatic carbocycles. The molecule has 0 fully saturated rings. The standard InChI is InChI=1S/C15H17N3OS/c1-8-6-13(20-9(8)2)14(16-3)10-4-5-11-12(7-10)18-15(19)17-11/h4-7,14,16H,1-3H3,(H2,17,18,19). The number of imidazole rings is 1. The summed E-state index contributed by atoms with van der Waals surface area (Å²) in [5.41, 5.74) is 3.99. The second-order valence-electron chi connectivity index (χ2n) is 4.99. The highest BCUT2D eigenvalue weighted by Crippen LogP contribution is 2.31. The molecule has 0 bridgehead atoms.